The van der Waals surface area contributed by atoms with Gasteiger partial charge >= 0.3 is 0 Å². The fraction of sp³-hybridized carbons (Fsp3) is 0.500. The molecular weight excluding hydrogens is 347 g/mol. The van der Waals surface area contributed by atoms with Crippen LogP contribution in [-0.2, 0) is 14.8 Å². The predicted octanol–water partition coefficient (Wildman–Crippen LogP) is 1.47. The largest absolute Gasteiger partial charge is 0.488 e. The molecule has 0 aromatic heterocycles. The van der Waals surface area contributed by atoms with Gasteiger partial charge in [0.2, 0.25) is 15.9 Å². The third-order valence-corrected chi connectivity index (χ3v) is 4.76. The van der Waals surface area contributed by atoms with E-state index in [9.17, 15) is 17.6 Å². The number of hydrogen-bond acceptors (Lipinski definition) is 4. The normalized spacial score (nSPS) is 19.7. The summed E-state index contributed by atoms with van der Waals surface area (Å²) in [4.78, 5) is 13.3. The molecule has 2 unspecified atom stereocenters. The average Bonchev–Trinajstić information content (AvgIpc) is 2.92. The third kappa shape index (κ3) is 4.33. The Kier molecular flexibility index (Phi) is 5.49. The Hall–Kier alpha value is -1.38. The molecule has 2 N–H and O–H groups in total. The molecule has 1 saturated heterocycles. The number of halogens is 2. The Morgan fingerprint density at radius 3 is 2.83 bits per heavy atom. The standard InChI is InChI=1S/C14H18ClFN2O4S/c1-9(15)14(19)18-6-2-3-10(18)8-22-13-5-4-11(7-12(13)16)23(17,20)21/h4-5,7,9-10H,2-3,6,8H2,1H3,(H2,17,20,21). The van der Waals surface area contributed by atoms with Gasteiger partial charge in [0.1, 0.15) is 12.0 Å². The Labute approximate surface area is 139 Å². The highest BCUT2D eigenvalue weighted by Gasteiger charge is 2.31. The SMILES string of the molecule is CC(Cl)C(=O)N1CCCC1COc1ccc(S(N)(=O)=O)cc1F. The van der Waals surface area contributed by atoms with Crippen molar-refractivity contribution in [2.24, 2.45) is 5.14 Å². The number of ether oxygens (including phenoxy) is 1. The molecular formula is C14H18ClFN2O4S. The molecule has 2 atom stereocenters. The number of primary sulfonamides is 1. The first-order chi connectivity index (χ1) is 10.7. The van der Waals surface area contributed by atoms with Gasteiger partial charge < -0.3 is 9.64 Å². The fourth-order valence-electron chi connectivity index (χ4n) is 2.49. The fourth-order valence-corrected chi connectivity index (χ4v) is 3.14. The molecule has 1 aliphatic heterocycles. The number of rotatable bonds is 5. The minimum absolute atomic E-state index is 0.0874. The quantitative estimate of drug-likeness (QED) is 0.801. The summed E-state index contributed by atoms with van der Waals surface area (Å²) < 4.78 is 41.6. The van der Waals surface area contributed by atoms with Gasteiger partial charge in [0.25, 0.3) is 0 Å². The van der Waals surface area contributed by atoms with Crippen LogP contribution in [0, 0.1) is 5.82 Å². The van der Waals surface area contributed by atoms with E-state index in [1.54, 1.807) is 11.8 Å². The lowest BCUT2D eigenvalue weighted by atomic mass is 10.2. The highest BCUT2D eigenvalue weighted by molar-refractivity contribution is 7.89. The van der Waals surface area contributed by atoms with Crippen LogP contribution in [0.5, 0.6) is 5.75 Å². The first-order valence-corrected chi connectivity index (χ1v) is 9.08. The molecule has 1 fully saturated rings. The lowest BCUT2D eigenvalue weighted by Gasteiger charge is -2.25. The van der Waals surface area contributed by atoms with E-state index >= 15 is 0 Å². The van der Waals surface area contributed by atoms with E-state index in [0.717, 1.165) is 18.9 Å². The van der Waals surface area contributed by atoms with Gasteiger partial charge in [-0.05, 0) is 38.0 Å². The summed E-state index contributed by atoms with van der Waals surface area (Å²) >= 11 is 5.82. The van der Waals surface area contributed by atoms with Crippen molar-refractivity contribution < 1.29 is 22.3 Å². The Morgan fingerprint density at radius 2 is 2.26 bits per heavy atom. The number of carbonyl (C=O) groups excluding carboxylic acids is 1. The summed E-state index contributed by atoms with van der Waals surface area (Å²) in [6, 6.07) is 3.01. The van der Waals surface area contributed by atoms with Crippen LogP contribution in [-0.4, -0.2) is 43.8 Å². The minimum Gasteiger partial charge on any atom is -0.488 e. The smallest absolute Gasteiger partial charge is 0.240 e. The molecule has 1 heterocycles. The van der Waals surface area contributed by atoms with E-state index in [1.165, 1.54) is 12.1 Å². The highest BCUT2D eigenvalue weighted by atomic mass is 35.5. The van der Waals surface area contributed by atoms with E-state index in [2.05, 4.69) is 0 Å². The Morgan fingerprint density at radius 1 is 1.57 bits per heavy atom. The zero-order chi connectivity index (χ0) is 17.2. The number of carbonyl (C=O) groups is 1. The number of benzene rings is 1. The Bertz CT molecular complexity index is 696. The van der Waals surface area contributed by atoms with Crippen molar-refractivity contribution in [3.63, 3.8) is 0 Å². The van der Waals surface area contributed by atoms with E-state index < -0.39 is 21.2 Å². The number of amides is 1. The van der Waals surface area contributed by atoms with Crippen LogP contribution < -0.4 is 9.88 Å². The second-order valence-electron chi connectivity index (χ2n) is 5.39. The molecule has 1 aromatic rings. The number of alkyl halides is 1. The van der Waals surface area contributed by atoms with E-state index in [4.69, 9.17) is 21.5 Å². The van der Waals surface area contributed by atoms with Crippen molar-refractivity contribution in [1.82, 2.24) is 4.90 Å². The second kappa shape index (κ2) is 7.02. The van der Waals surface area contributed by atoms with Crippen molar-refractivity contribution in [2.45, 2.75) is 36.1 Å². The number of nitrogens with two attached hydrogens (primary N) is 1. The van der Waals surface area contributed by atoms with Gasteiger partial charge in [-0.25, -0.2) is 17.9 Å². The van der Waals surface area contributed by atoms with Gasteiger partial charge in [-0.3, -0.25) is 4.79 Å². The van der Waals surface area contributed by atoms with Crippen LogP contribution in [0.15, 0.2) is 23.1 Å². The second-order valence-corrected chi connectivity index (χ2v) is 7.61. The summed E-state index contributed by atoms with van der Waals surface area (Å²) in [6.07, 6.45) is 1.57. The number of likely N-dealkylation sites (tertiary alicyclic amines) is 1. The summed E-state index contributed by atoms with van der Waals surface area (Å²) in [5, 5.41) is 4.31. The highest BCUT2D eigenvalue weighted by Crippen LogP contribution is 2.24. The van der Waals surface area contributed by atoms with E-state index in [1.807, 2.05) is 0 Å². The number of sulfonamides is 1. The van der Waals surface area contributed by atoms with E-state index in [0.29, 0.717) is 6.54 Å². The first kappa shape index (κ1) is 18.0. The van der Waals surface area contributed by atoms with Crippen LogP contribution in [0.25, 0.3) is 0 Å². The lowest BCUT2D eigenvalue weighted by molar-refractivity contribution is -0.131. The van der Waals surface area contributed by atoms with Gasteiger partial charge in [0.05, 0.1) is 10.9 Å². The Balaban J connectivity index is 2.05. The van der Waals surface area contributed by atoms with Gasteiger partial charge in [-0.1, -0.05) is 0 Å². The summed E-state index contributed by atoms with van der Waals surface area (Å²) in [6.45, 7) is 2.31. The zero-order valence-electron chi connectivity index (χ0n) is 12.5. The maximum absolute atomic E-state index is 13.9. The first-order valence-electron chi connectivity index (χ1n) is 7.10. The maximum atomic E-state index is 13.9. The molecule has 9 heteroatoms. The maximum Gasteiger partial charge on any atom is 0.240 e. The molecule has 23 heavy (non-hydrogen) atoms. The number of nitrogens with zero attached hydrogens (tertiary/aromatic N) is 1. The molecule has 0 radical (unpaired) electrons. The average molecular weight is 365 g/mol. The van der Waals surface area contributed by atoms with Gasteiger partial charge in [-0.2, -0.15) is 0 Å². The van der Waals surface area contributed by atoms with E-state index in [-0.39, 0.29) is 29.2 Å². The van der Waals surface area contributed by atoms with Crippen LogP contribution in [0.3, 0.4) is 0 Å². The van der Waals surface area contributed by atoms with Crippen LogP contribution in [0.2, 0.25) is 0 Å². The predicted molar refractivity (Wildman–Crippen MR) is 83.3 cm³/mol. The molecule has 1 amide bonds. The summed E-state index contributed by atoms with van der Waals surface area (Å²) in [7, 11) is -3.97. The minimum atomic E-state index is -3.97. The van der Waals surface area contributed by atoms with Crippen LogP contribution in [0.4, 0.5) is 4.39 Å². The molecule has 6 nitrogen and oxygen atoms in total. The molecule has 2 rings (SSSR count). The van der Waals surface area contributed by atoms with Crippen molar-refractivity contribution >= 4 is 27.5 Å². The van der Waals surface area contributed by atoms with Crippen molar-refractivity contribution in [2.75, 3.05) is 13.2 Å². The summed E-state index contributed by atoms with van der Waals surface area (Å²) in [5.74, 6) is -1.09. The zero-order valence-corrected chi connectivity index (χ0v) is 14.1. The van der Waals surface area contributed by atoms with Crippen molar-refractivity contribution in [1.29, 1.82) is 0 Å². The van der Waals surface area contributed by atoms with Crippen LogP contribution >= 0.6 is 11.6 Å². The van der Waals surface area contributed by atoms with Gasteiger partial charge in [0.15, 0.2) is 11.6 Å². The molecule has 0 aliphatic carbocycles. The molecule has 0 spiro atoms. The monoisotopic (exact) mass is 364 g/mol. The van der Waals surface area contributed by atoms with Crippen LogP contribution in [0.1, 0.15) is 19.8 Å². The number of hydrogen-bond donors (Lipinski definition) is 1. The van der Waals surface area contributed by atoms with Gasteiger partial charge in [-0.15, -0.1) is 11.6 Å². The van der Waals surface area contributed by atoms with Crippen molar-refractivity contribution in [3.05, 3.63) is 24.0 Å². The summed E-state index contributed by atoms with van der Waals surface area (Å²) in [5.41, 5.74) is 0. The molecule has 1 aromatic carbocycles. The topological polar surface area (TPSA) is 89.7 Å². The van der Waals surface area contributed by atoms with Crippen molar-refractivity contribution in [3.8, 4) is 5.75 Å². The molecule has 0 bridgehead atoms. The molecule has 1 aliphatic rings. The molecule has 0 saturated carbocycles. The van der Waals surface area contributed by atoms with Gasteiger partial charge in [0, 0.05) is 6.54 Å². The third-order valence-electron chi connectivity index (χ3n) is 3.66. The lowest BCUT2D eigenvalue weighted by Crippen LogP contribution is -2.42. The molecule has 128 valence electrons.